The van der Waals surface area contributed by atoms with Gasteiger partial charge in [0.15, 0.2) is 0 Å². The van der Waals surface area contributed by atoms with Crippen LogP contribution in [0.5, 0.6) is 0 Å². The highest BCUT2D eigenvalue weighted by Gasteiger charge is 2.23. The normalized spacial score (nSPS) is 12.3. The van der Waals surface area contributed by atoms with Crippen LogP contribution < -0.4 is 10.0 Å². The van der Waals surface area contributed by atoms with E-state index in [9.17, 15) is 8.42 Å². The molecule has 0 fully saturated rings. The first-order chi connectivity index (χ1) is 9.29. The first-order valence-electron chi connectivity index (χ1n) is 7.06. The zero-order valence-electron chi connectivity index (χ0n) is 13.0. The molecule has 1 aromatic heterocycles. The Kier molecular flexibility index (Phi) is 6.16. The quantitative estimate of drug-likeness (QED) is 0.707. The SMILES string of the molecule is CCNS(=O)(=O)c1c(C)nn(CCCNC(C)C)c1C. The van der Waals surface area contributed by atoms with Gasteiger partial charge in [0.2, 0.25) is 10.0 Å². The molecule has 1 rings (SSSR count). The average molecular weight is 302 g/mol. The van der Waals surface area contributed by atoms with E-state index >= 15 is 0 Å². The summed E-state index contributed by atoms with van der Waals surface area (Å²) in [6.07, 6.45) is 0.917. The Bertz CT molecular complexity index is 535. The molecular weight excluding hydrogens is 276 g/mol. The molecule has 7 heteroatoms. The molecule has 0 spiro atoms. The van der Waals surface area contributed by atoms with Crippen LogP contribution in [0.3, 0.4) is 0 Å². The van der Waals surface area contributed by atoms with Gasteiger partial charge in [0, 0.05) is 19.1 Å². The second-order valence-corrected chi connectivity index (χ2v) is 6.89. The lowest BCUT2D eigenvalue weighted by molar-refractivity contribution is 0.505. The summed E-state index contributed by atoms with van der Waals surface area (Å²) in [6.45, 7) is 11.5. The van der Waals surface area contributed by atoms with Crippen LogP contribution in [0.1, 0.15) is 38.6 Å². The number of hydrogen-bond acceptors (Lipinski definition) is 4. The third-order valence-corrected chi connectivity index (χ3v) is 4.81. The standard InChI is InChI=1S/C13H26N4O2S/c1-6-15-20(18,19)13-11(4)16-17(12(13)5)9-7-8-14-10(2)3/h10,14-15H,6-9H2,1-5H3. The van der Waals surface area contributed by atoms with Gasteiger partial charge in [0.1, 0.15) is 4.90 Å². The second-order valence-electron chi connectivity index (χ2n) is 5.19. The van der Waals surface area contributed by atoms with Gasteiger partial charge in [-0.25, -0.2) is 13.1 Å². The minimum Gasteiger partial charge on any atom is -0.314 e. The molecule has 116 valence electrons. The first-order valence-corrected chi connectivity index (χ1v) is 8.55. The number of aryl methyl sites for hydroxylation is 2. The maximum Gasteiger partial charge on any atom is 0.244 e. The van der Waals surface area contributed by atoms with Gasteiger partial charge >= 0.3 is 0 Å². The van der Waals surface area contributed by atoms with Crippen molar-refractivity contribution >= 4 is 10.0 Å². The van der Waals surface area contributed by atoms with E-state index < -0.39 is 10.0 Å². The molecule has 1 aromatic rings. The molecule has 0 aliphatic rings. The molecule has 20 heavy (non-hydrogen) atoms. The van der Waals surface area contributed by atoms with Gasteiger partial charge in [-0.15, -0.1) is 0 Å². The Balaban J connectivity index is 2.82. The van der Waals surface area contributed by atoms with Crippen molar-refractivity contribution in [2.75, 3.05) is 13.1 Å². The highest BCUT2D eigenvalue weighted by Crippen LogP contribution is 2.19. The predicted molar refractivity (Wildman–Crippen MR) is 80.3 cm³/mol. The topological polar surface area (TPSA) is 76.0 Å². The molecule has 0 aliphatic carbocycles. The Morgan fingerprint density at radius 2 is 1.95 bits per heavy atom. The van der Waals surface area contributed by atoms with E-state index in [2.05, 4.69) is 29.0 Å². The maximum absolute atomic E-state index is 12.1. The number of aromatic nitrogens is 2. The maximum atomic E-state index is 12.1. The van der Waals surface area contributed by atoms with E-state index in [-0.39, 0.29) is 0 Å². The molecule has 0 radical (unpaired) electrons. The molecule has 0 unspecified atom stereocenters. The van der Waals surface area contributed by atoms with Gasteiger partial charge in [-0.1, -0.05) is 20.8 Å². The monoisotopic (exact) mass is 302 g/mol. The van der Waals surface area contributed by atoms with Crippen molar-refractivity contribution in [2.45, 2.75) is 58.5 Å². The molecule has 6 nitrogen and oxygen atoms in total. The number of sulfonamides is 1. The number of nitrogens with zero attached hydrogens (tertiary/aromatic N) is 2. The summed E-state index contributed by atoms with van der Waals surface area (Å²) in [6, 6.07) is 0.458. The van der Waals surface area contributed by atoms with Gasteiger partial charge in [-0.2, -0.15) is 5.10 Å². The van der Waals surface area contributed by atoms with Crippen LogP contribution in [0.15, 0.2) is 4.90 Å². The molecule has 0 saturated heterocycles. The first kappa shape index (κ1) is 17.1. The molecule has 0 bridgehead atoms. The molecule has 0 atom stereocenters. The highest BCUT2D eigenvalue weighted by atomic mass is 32.2. The van der Waals surface area contributed by atoms with Crippen LogP contribution >= 0.6 is 0 Å². The highest BCUT2D eigenvalue weighted by molar-refractivity contribution is 7.89. The smallest absolute Gasteiger partial charge is 0.244 e. The molecule has 0 saturated carbocycles. The summed E-state index contributed by atoms with van der Waals surface area (Å²) in [4.78, 5) is 0.316. The van der Waals surface area contributed by atoms with Crippen molar-refractivity contribution in [1.82, 2.24) is 19.8 Å². The van der Waals surface area contributed by atoms with Crippen LogP contribution in [0.25, 0.3) is 0 Å². The minimum absolute atomic E-state index is 0.316. The Labute approximate surface area is 122 Å². The van der Waals surface area contributed by atoms with Crippen molar-refractivity contribution in [1.29, 1.82) is 0 Å². The van der Waals surface area contributed by atoms with Crippen molar-refractivity contribution < 1.29 is 8.42 Å². The second kappa shape index (κ2) is 7.19. The summed E-state index contributed by atoms with van der Waals surface area (Å²) >= 11 is 0. The number of rotatable bonds is 8. The molecule has 1 heterocycles. The minimum atomic E-state index is -3.44. The van der Waals surface area contributed by atoms with E-state index in [1.54, 1.807) is 25.5 Å². The molecule has 0 aliphatic heterocycles. The van der Waals surface area contributed by atoms with Gasteiger partial charge in [0.25, 0.3) is 0 Å². The molecule has 0 aromatic carbocycles. The Morgan fingerprint density at radius 1 is 1.30 bits per heavy atom. The van der Waals surface area contributed by atoms with Crippen molar-refractivity contribution in [3.63, 3.8) is 0 Å². The summed E-state index contributed by atoms with van der Waals surface area (Å²) in [7, 11) is -3.44. The van der Waals surface area contributed by atoms with Gasteiger partial charge in [0.05, 0.1) is 11.4 Å². The number of nitrogens with one attached hydrogen (secondary N) is 2. The van der Waals surface area contributed by atoms with Crippen molar-refractivity contribution in [2.24, 2.45) is 0 Å². The van der Waals surface area contributed by atoms with Crippen molar-refractivity contribution in [3.05, 3.63) is 11.4 Å². The third-order valence-electron chi connectivity index (χ3n) is 3.02. The van der Waals surface area contributed by atoms with E-state index in [0.717, 1.165) is 13.0 Å². The molecular formula is C13H26N4O2S. The lowest BCUT2D eigenvalue weighted by Crippen LogP contribution is -2.25. The van der Waals surface area contributed by atoms with Crippen LogP contribution in [0.4, 0.5) is 0 Å². The molecule has 2 N–H and O–H groups in total. The van der Waals surface area contributed by atoms with E-state index in [1.165, 1.54) is 0 Å². The van der Waals surface area contributed by atoms with E-state index in [4.69, 9.17) is 0 Å². The third kappa shape index (κ3) is 4.29. The molecule has 0 amide bonds. The van der Waals surface area contributed by atoms with Crippen molar-refractivity contribution in [3.8, 4) is 0 Å². The largest absolute Gasteiger partial charge is 0.314 e. The number of hydrogen-bond donors (Lipinski definition) is 2. The van der Waals surface area contributed by atoms with Gasteiger partial charge in [-0.3, -0.25) is 4.68 Å². The average Bonchev–Trinajstić information content (AvgIpc) is 2.60. The van der Waals surface area contributed by atoms with Crippen LogP contribution in [-0.2, 0) is 16.6 Å². The lowest BCUT2D eigenvalue weighted by atomic mass is 10.3. The van der Waals surface area contributed by atoms with E-state index in [0.29, 0.717) is 35.4 Å². The van der Waals surface area contributed by atoms with Crippen LogP contribution in [0, 0.1) is 13.8 Å². The summed E-state index contributed by atoms with van der Waals surface area (Å²) < 4.78 is 28.6. The van der Waals surface area contributed by atoms with Gasteiger partial charge in [-0.05, 0) is 26.8 Å². The zero-order valence-corrected chi connectivity index (χ0v) is 13.8. The fraction of sp³-hybridized carbons (Fsp3) is 0.769. The fourth-order valence-corrected chi connectivity index (χ4v) is 3.62. The van der Waals surface area contributed by atoms with Crippen LogP contribution in [0.2, 0.25) is 0 Å². The fourth-order valence-electron chi connectivity index (χ4n) is 2.17. The zero-order chi connectivity index (χ0) is 15.3. The predicted octanol–water partition coefficient (Wildman–Crippen LogP) is 1.19. The lowest BCUT2D eigenvalue weighted by Gasteiger charge is -2.09. The summed E-state index contributed by atoms with van der Waals surface area (Å²) in [5, 5.41) is 7.68. The summed E-state index contributed by atoms with van der Waals surface area (Å²) in [5.74, 6) is 0. The van der Waals surface area contributed by atoms with Crippen LogP contribution in [-0.4, -0.2) is 37.3 Å². The Morgan fingerprint density at radius 3 is 2.50 bits per heavy atom. The Hall–Kier alpha value is -0.920. The van der Waals surface area contributed by atoms with E-state index in [1.807, 2.05) is 0 Å². The summed E-state index contributed by atoms with van der Waals surface area (Å²) in [5.41, 5.74) is 1.26. The van der Waals surface area contributed by atoms with Gasteiger partial charge < -0.3 is 5.32 Å².